The van der Waals surface area contributed by atoms with Crippen LogP contribution in [0.1, 0.15) is 0 Å². The molecule has 12 aromatic rings. The van der Waals surface area contributed by atoms with Gasteiger partial charge in [-0.1, -0.05) is 146 Å². The summed E-state index contributed by atoms with van der Waals surface area (Å²) >= 11 is 5.65. The van der Waals surface area contributed by atoms with Crippen LogP contribution in [-0.4, -0.2) is 0 Å². The highest BCUT2D eigenvalue weighted by molar-refractivity contribution is 7.27. The molecule has 1 nitrogen and oxygen atoms in total. The number of anilines is 3. The van der Waals surface area contributed by atoms with E-state index in [2.05, 4.69) is 205 Å². The molecule has 0 aliphatic heterocycles. The molecule has 0 saturated heterocycles. The smallest absolute Gasteiger partial charge is 0.0467 e. The van der Waals surface area contributed by atoms with Gasteiger partial charge in [0.05, 0.1) is 0 Å². The van der Waals surface area contributed by atoms with Gasteiger partial charge in [-0.15, -0.1) is 34.0 Å². The summed E-state index contributed by atoms with van der Waals surface area (Å²) in [4.78, 5) is 2.44. The normalized spacial score (nSPS) is 11.8. The summed E-state index contributed by atoms with van der Waals surface area (Å²) in [5, 5.41) is 7.89. The van der Waals surface area contributed by atoms with Gasteiger partial charge in [0.1, 0.15) is 0 Å². The summed E-state index contributed by atoms with van der Waals surface area (Å²) in [5.41, 5.74) is 10.7. The first kappa shape index (κ1) is 33.6. The van der Waals surface area contributed by atoms with Gasteiger partial charge in [0.2, 0.25) is 0 Å². The molecule has 3 aromatic heterocycles. The van der Waals surface area contributed by atoms with E-state index in [0.717, 1.165) is 17.1 Å². The molecule has 0 aliphatic rings. The van der Waals surface area contributed by atoms with E-state index in [4.69, 9.17) is 0 Å². The Morgan fingerprint density at radius 2 is 0.552 bits per heavy atom. The molecule has 0 unspecified atom stereocenters. The van der Waals surface area contributed by atoms with Gasteiger partial charge in [0, 0.05) is 77.6 Å². The average molecular weight is 792 g/mol. The second kappa shape index (κ2) is 13.5. The maximum atomic E-state index is 2.44. The number of hydrogen-bond donors (Lipinski definition) is 0. The highest BCUT2D eigenvalue weighted by Gasteiger charge is 2.19. The molecule has 0 aliphatic carbocycles. The lowest BCUT2D eigenvalue weighted by Gasteiger charge is -2.27. The van der Waals surface area contributed by atoms with Crippen LogP contribution in [0, 0.1) is 0 Å². The largest absolute Gasteiger partial charge is 0.310 e. The number of benzene rings is 9. The Bertz CT molecular complexity index is 3170. The minimum Gasteiger partial charge on any atom is -0.310 e. The molecule has 0 bridgehead atoms. The van der Waals surface area contributed by atoms with Crippen molar-refractivity contribution in [3.63, 3.8) is 0 Å². The third-order valence-electron chi connectivity index (χ3n) is 11.5. The van der Waals surface area contributed by atoms with E-state index >= 15 is 0 Å². The van der Waals surface area contributed by atoms with E-state index in [9.17, 15) is 0 Å². The zero-order valence-electron chi connectivity index (χ0n) is 31.2. The fraction of sp³-hybridized carbons (Fsp3) is 0. The standard InChI is InChI=1S/C54H33NS3/c1-4-28-49-43(19-1)46-25-10-22-40(52(46)56-49)34-13-7-16-37(31-34)55(38-17-8-14-35(32-38)41-23-11-26-47-44-20-2-5-29-50(44)57-53(41)47)39-18-9-15-36(33-39)42-24-12-27-48-45-21-3-6-30-51(45)58-54(42)48/h1-33H. The second-order valence-corrected chi connectivity index (χ2v) is 18.0. The summed E-state index contributed by atoms with van der Waals surface area (Å²) in [6.45, 7) is 0. The van der Waals surface area contributed by atoms with Gasteiger partial charge in [0.15, 0.2) is 0 Å². The van der Waals surface area contributed by atoms with E-state index in [1.54, 1.807) is 0 Å². The van der Waals surface area contributed by atoms with Crippen LogP contribution in [-0.2, 0) is 0 Å². The topological polar surface area (TPSA) is 3.24 Å². The molecule has 3 heterocycles. The van der Waals surface area contributed by atoms with Crippen LogP contribution in [0.2, 0.25) is 0 Å². The first-order valence-corrected chi connectivity index (χ1v) is 22.0. The fourth-order valence-corrected chi connectivity index (χ4v) is 12.5. The number of rotatable bonds is 6. The lowest BCUT2D eigenvalue weighted by Crippen LogP contribution is -2.10. The van der Waals surface area contributed by atoms with E-state index in [-0.39, 0.29) is 0 Å². The highest BCUT2D eigenvalue weighted by atomic mass is 32.1. The van der Waals surface area contributed by atoms with Crippen molar-refractivity contribution in [1.29, 1.82) is 0 Å². The van der Waals surface area contributed by atoms with E-state index in [1.807, 2.05) is 34.0 Å². The lowest BCUT2D eigenvalue weighted by molar-refractivity contribution is 1.28. The molecule has 0 saturated carbocycles. The molecule has 0 N–H and O–H groups in total. The Morgan fingerprint density at radius 3 is 0.897 bits per heavy atom. The van der Waals surface area contributed by atoms with Gasteiger partial charge in [-0.25, -0.2) is 0 Å². The van der Waals surface area contributed by atoms with Crippen molar-refractivity contribution in [2.45, 2.75) is 0 Å². The second-order valence-electron chi connectivity index (χ2n) is 14.8. The highest BCUT2D eigenvalue weighted by Crippen LogP contribution is 2.46. The predicted octanol–water partition coefficient (Wildman–Crippen LogP) is 17.3. The van der Waals surface area contributed by atoms with Gasteiger partial charge in [0.25, 0.3) is 0 Å². The van der Waals surface area contributed by atoms with Crippen molar-refractivity contribution in [3.05, 3.63) is 200 Å². The molecule has 0 amide bonds. The van der Waals surface area contributed by atoms with Crippen LogP contribution >= 0.6 is 34.0 Å². The monoisotopic (exact) mass is 791 g/mol. The van der Waals surface area contributed by atoms with Gasteiger partial charge in [-0.3, -0.25) is 0 Å². The Hall–Kier alpha value is -6.56. The van der Waals surface area contributed by atoms with Crippen molar-refractivity contribution >= 4 is 112 Å². The maximum absolute atomic E-state index is 2.44. The van der Waals surface area contributed by atoms with Crippen LogP contribution in [0.3, 0.4) is 0 Å². The predicted molar refractivity (Wildman–Crippen MR) is 256 cm³/mol. The molecule has 12 rings (SSSR count). The third kappa shape index (κ3) is 5.41. The zero-order chi connectivity index (χ0) is 38.2. The molecule has 0 radical (unpaired) electrons. The molecule has 0 atom stereocenters. The van der Waals surface area contributed by atoms with Crippen LogP contribution < -0.4 is 4.90 Å². The fourth-order valence-electron chi connectivity index (χ4n) is 8.81. The molecule has 0 fully saturated rings. The quantitative estimate of drug-likeness (QED) is 0.162. The van der Waals surface area contributed by atoms with Crippen LogP contribution in [0.15, 0.2) is 200 Å². The molecular weight excluding hydrogens is 759 g/mol. The van der Waals surface area contributed by atoms with Crippen molar-refractivity contribution in [2.75, 3.05) is 4.90 Å². The SMILES string of the molecule is c1cc(-c2cccc3c2sc2ccccc23)cc(N(c2cccc(-c3cccc4c3sc3ccccc34)c2)c2cccc(-c3cccc4c3sc3ccccc34)c2)c1. The van der Waals surface area contributed by atoms with Gasteiger partial charge in [-0.05, 0) is 88.0 Å². The molecule has 272 valence electrons. The average Bonchev–Trinajstić information content (AvgIpc) is 3.98. The Morgan fingerprint density at radius 1 is 0.259 bits per heavy atom. The molecule has 0 spiro atoms. The van der Waals surface area contributed by atoms with Crippen LogP contribution in [0.5, 0.6) is 0 Å². The van der Waals surface area contributed by atoms with Crippen LogP contribution in [0.25, 0.3) is 93.9 Å². The van der Waals surface area contributed by atoms with E-state index < -0.39 is 0 Å². The summed E-state index contributed by atoms with van der Waals surface area (Å²) in [6, 6.07) is 73.9. The maximum Gasteiger partial charge on any atom is 0.0467 e. The molecular formula is C54H33NS3. The Kier molecular flexibility index (Phi) is 7.83. The first-order chi connectivity index (χ1) is 28.7. The summed E-state index contributed by atoms with van der Waals surface area (Å²) < 4.78 is 7.92. The van der Waals surface area contributed by atoms with E-state index in [1.165, 1.54) is 93.9 Å². The van der Waals surface area contributed by atoms with Crippen molar-refractivity contribution in [3.8, 4) is 33.4 Å². The van der Waals surface area contributed by atoms with E-state index in [0.29, 0.717) is 0 Å². The minimum absolute atomic E-state index is 1.12. The van der Waals surface area contributed by atoms with Crippen molar-refractivity contribution in [1.82, 2.24) is 0 Å². The molecule has 9 aromatic carbocycles. The Balaban J connectivity index is 1.05. The number of nitrogens with zero attached hydrogens (tertiary/aromatic N) is 1. The van der Waals surface area contributed by atoms with Gasteiger partial charge >= 0.3 is 0 Å². The Labute approximate surface area is 347 Å². The number of hydrogen-bond acceptors (Lipinski definition) is 4. The lowest BCUT2D eigenvalue weighted by atomic mass is 9.99. The van der Waals surface area contributed by atoms with Crippen molar-refractivity contribution < 1.29 is 0 Å². The summed E-state index contributed by atoms with van der Waals surface area (Å²) in [5.74, 6) is 0. The zero-order valence-corrected chi connectivity index (χ0v) is 33.7. The minimum atomic E-state index is 1.12. The van der Waals surface area contributed by atoms with Crippen LogP contribution in [0.4, 0.5) is 17.1 Å². The molecule has 4 heteroatoms. The van der Waals surface area contributed by atoms with Gasteiger partial charge in [-0.2, -0.15) is 0 Å². The first-order valence-electron chi connectivity index (χ1n) is 19.6. The van der Waals surface area contributed by atoms with Crippen molar-refractivity contribution in [2.24, 2.45) is 0 Å². The van der Waals surface area contributed by atoms with Gasteiger partial charge < -0.3 is 4.90 Å². The summed E-state index contributed by atoms with van der Waals surface area (Å²) in [7, 11) is 0. The number of thiophene rings is 3. The summed E-state index contributed by atoms with van der Waals surface area (Å²) in [6.07, 6.45) is 0. The third-order valence-corrected chi connectivity index (χ3v) is 15.1. The molecule has 58 heavy (non-hydrogen) atoms. The number of fused-ring (bicyclic) bond motifs is 9.